The number of halogens is 2. The monoisotopic (exact) mass is 377 g/mol. The molecule has 1 aromatic heterocycles. The Bertz CT molecular complexity index is 923. The van der Waals surface area contributed by atoms with Crippen LogP contribution in [0.15, 0.2) is 42.5 Å². The van der Waals surface area contributed by atoms with Crippen LogP contribution >= 0.6 is 23.2 Å². The molecule has 3 aromatic rings. The maximum Gasteiger partial charge on any atom is 0.366 e. The number of rotatable bonds is 4. The fraction of sp³-hybridized carbons (Fsp3) is 0.118. The van der Waals surface area contributed by atoms with E-state index in [-0.39, 0.29) is 5.69 Å². The number of nitrogens with zero attached hydrogens (tertiary/aromatic N) is 3. The predicted octanol–water partition coefficient (Wildman–Crippen LogP) is 4.11. The molecule has 0 amide bonds. The molecule has 6 nitrogen and oxygen atoms in total. The third-order valence-electron chi connectivity index (χ3n) is 3.49. The molecule has 0 aliphatic carbocycles. The average Bonchev–Trinajstić information content (AvgIpc) is 2.98. The molecule has 0 N–H and O–H groups in total. The lowest BCUT2D eigenvalue weighted by atomic mass is 10.2. The largest absolute Gasteiger partial charge is 0.495 e. The van der Waals surface area contributed by atoms with Crippen LogP contribution in [-0.2, 0) is 0 Å². The van der Waals surface area contributed by atoms with E-state index in [1.54, 1.807) is 49.4 Å². The highest BCUT2D eigenvalue weighted by Gasteiger charge is 2.20. The molecule has 0 fully saturated rings. The molecule has 2 aromatic carbocycles. The third-order valence-corrected chi connectivity index (χ3v) is 4.04. The molecule has 0 unspecified atom stereocenters. The molecule has 0 spiro atoms. The van der Waals surface area contributed by atoms with E-state index in [4.69, 9.17) is 32.7 Å². The van der Waals surface area contributed by atoms with Gasteiger partial charge in [0.1, 0.15) is 11.5 Å². The molecule has 0 saturated heterocycles. The second-order valence-corrected chi connectivity index (χ2v) is 5.94. The Hall–Kier alpha value is -2.57. The van der Waals surface area contributed by atoms with Crippen molar-refractivity contribution in [3.05, 3.63) is 63.9 Å². The molecule has 128 valence electrons. The third kappa shape index (κ3) is 3.60. The molecule has 8 heteroatoms. The Morgan fingerprint density at radius 1 is 1.12 bits per heavy atom. The molecule has 0 aliphatic rings. The number of carbonyl (C=O) groups is 1. The molecule has 3 rings (SSSR count). The number of carbonyl (C=O) groups excluding carboxylic acids is 1. The second-order valence-electron chi connectivity index (χ2n) is 5.10. The van der Waals surface area contributed by atoms with Crippen molar-refractivity contribution in [1.29, 1.82) is 0 Å². The first-order chi connectivity index (χ1) is 12.0. The van der Waals surface area contributed by atoms with Gasteiger partial charge in [0.15, 0.2) is 5.69 Å². The van der Waals surface area contributed by atoms with Gasteiger partial charge in [-0.3, -0.25) is 0 Å². The summed E-state index contributed by atoms with van der Waals surface area (Å²) in [6, 6.07) is 11.6. The van der Waals surface area contributed by atoms with Gasteiger partial charge in [-0.15, -0.1) is 5.10 Å². The van der Waals surface area contributed by atoms with E-state index in [9.17, 15) is 4.79 Å². The van der Waals surface area contributed by atoms with E-state index >= 15 is 0 Å². The van der Waals surface area contributed by atoms with Crippen LogP contribution in [0.4, 0.5) is 0 Å². The van der Waals surface area contributed by atoms with Crippen molar-refractivity contribution in [3.8, 4) is 17.2 Å². The zero-order valence-electron chi connectivity index (χ0n) is 13.4. The SMILES string of the molecule is COc1ccc(-n2nnc(C(=O)Oc3ccc(Cl)cc3)c2C)cc1Cl. The topological polar surface area (TPSA) is 66.2 Å². The van der Waals surface area contributed by atoms with Crippen molar-refractivity contribution in [2.75, 3.05) is 7.11 Å². The highest BCUT2D eigenvalue weighted by Crippen LogP contribution is 2.27. The van der Waals surface area contributed by atoms with Crippen LogP contribution in [0.2, 0.25) is 10.0 Å². The minimum atomic E-state index is -0.606. The van der Waals surface area contributed by atoms with Crippen LogP contribution in [0.3, 0.4) is 0 Å². The van der Waals surface area contributed by atoms with Crippen LogP contribution in [0.5, 0.6) is 11.5 Å². The number of methoxy groups -OCH3 is 1. The molecular formula is C17H13Cl2N3O3. The second kappa shape index (κ2) is 7.13. The molecule has 0 saturated carbocycles. The maximum absolute atomic E-state index is 12.3. The van der Waals surface area contributed by atoms with Gasteiger partial charge in [-0.1, -0.05) is 28.4 Å². The summed E-state index contributed by atoms with van der Waals surface area (Å²) in [4.78, 5) is 12.3. The van der Waals surface area contributed by atoms with E-state index in [0.29, 0.717) is 32.9 Å². The summed E-state index contributed by atoms with van der Waals surface area (Å²) in [5.74, 6) is 0.312. The fourth-order valence-electron chi connectivity index (χ4n) is 2.21. The van der Waals surface area contributed by atoms with Crippen molar-refractivity contribution in [3.63, 3.8) is 0 Å². The lowest BCUT2D eigenvalue weighted by molar-refractivity contribution is 0.0727. The molecule has 1 heterocycles. The summed E-state index contributed by atoms with van der Waals surface area (Å²) in [5, 5.41) is 8.91. The molecule has 0 bridgehead atoms. The molecule has 0 radical (unpaired) electrons. The number of hydrogen-bond donors (Lipinski definition) is 0. The summed E-state index contributed by atoms with van der Waals surface area (Å²) in [6.45, 7) is 1.72. The van der Waals surface area contributed by atoms with Crippen molar-refractivity contribution in [2.24, 2.45) is 0 Å². The van der Waals surface area contributed by atoms with Gasteiger partial charge in [-0.25, -0.2) is 9.48 Å². The minimum Gasteiger partial charge on any atom is -0.495 e. The first kappa shape index (κ1) is 17.3. The predicted molar refractivity (Wildman–Crippen MR) is 94.1 cm³/mol. The first-order valence-electron chi connectivity index (χ1n) is 7.23. The van der Waals surface area contributed by atoms with Crippen LogP contribution in [0.25, 0.3) is 5.69 Å². The van der Waals surface area contributed by atoms with E-state index in [1.165, 1.54) is 11.8 Å². The number of hydrogen-bond acceptors (Lipinski definition) is 5. The van der Waals surface area contributed by atoms with E-state index in [0.717, 1.165) is 0 Å². The van der Waals surface area contributed by atoms with Gasteiger partial charge in [0.05, 0.1) is 23.5 Å². The summed E-state index contributed by atoms with van der Waals surface area (Å²) in [5.41, 5.74) is 1.29. The van der Waals surface area contributed by atoms with Gasteiger partial charge in [-0.2, -0.15) is 0 Å². The van der Waals surface area contributed by atoms with Crippen molar-refractivity contribution < 1.29 is 14.3 Å². The van der Waals surface area contributed by atoms with E-state index in [1.807, 2.05) is 0 Å². The number of ether oxygens (including phenoxy) is 2. The van der Waals surface area contributed by atoms with Crippen LogP contribution in [0, 0.1) is 6.92 Å². The van der Waals surface area contributed by atoms with Crippen LogP contribution in [0.1, 0.15) is 16.2 Å². The fourth-order valence-corrected chi connectivity index (χ4v) is 2.59. The minimum absolute atomic E-state index is 0.113. The lowest BCUT2D eigenvalue weighted by Gasteiger charge is -2.07. The van der Waals surface area contributed by atoms with Crippen LogP contribution in [-0.4, -0.2) is 28.1 Å². The Morgan fingerprint density at radius 2 is 1.84 bits per heavy atom. The molecular weight excluding hydrogens is 365 g/mol. The number of benzene rings is 2. The molecule has 0 atom stereocenters. The zero-order chi connectivity index (χ0) is 18.0. The number of esters is 1. The standard InChI is InChI=1S/C17H13Cl2N3O3/c1-10-16(17(23)25-13-6-3-11(18)4-7-13)20-21-22(10)12-5-8-15(24-2)14(19)9-12/h3-9H,1-2H3. The Labute approximate surface area is 153 Å². The Balaban J connectivity index is 1.86. The molecule has 0 aliphatic heterocycles. The summed E-state index contributed by atoms with van der Waals surface area (Å²) >= 11 is 11.9. The van der Waals surface area contributed by atoms with Gasteiger partial charge in [-0.05, 0) is 49.4 Å². The highest BCUT2D eigenvalue weighted by atomic mass is 35.5. The van der Waals surface area contributed by atoms with Gasteiger partial charge >= 0.3 is 5.97 Å². The summed E-state index contributed by atoms with van der Waals surface area (Å²) < 4.78 is 11.9. The zero-order valence-corrected chi connectivity index (χ0v) is 14.9. The lowest BCUT2D eigenvalue weighted by Crippen LogP contribution is -2.11. The van der Waals surface area contributed by atoms with Crippen LogP contribution < -0.4 is 9.47 Å². The smallest absolute Gasteiger partial charge is 0.366 e. The highest BCUT2D eigenvalue weighted by molar-refractivity contribution is 6.32. The van der Waals surface area contributed by atoms with E-state index in [2.05, 4.69) is 10.3 Å². The molecule has 25 heavy (non-hydrogen) atoms. The van der Waals surface area contributed by atoms with Gasteiger partial charge < -0.3 is 9.47 Å². The van der Waals surface area contributed by atoms with Crippen molar-refractivity contribution in [1.82, 2.24) is 15.0 Å². The first-order valence-corrected chi connectivity index (χ1v) is 7.99. The summed E-state index contributed by atoms with van der Waals surface area (Å²) in [6.07, 6.45) is 0. The van der Waals surface area contributed by atoms with Crippen molar-refractivity contribution >= 4 is 29.2 Å². The van der Waals surface area contributed by atoms with E-state index < -0.39 is 5.97 Å². The quantitative estimate of drug-likeness (QED) is 0.505. The van der Waals surface area contributed by atoms with Gasteiger partial charge in [0.2, 0.25) is 0 Å². The number of aromatic nitrogens is 3. The van der Waals surface area contributed by atoms with Crippen molar-refractivity contribution in [2.45, 2.75) is 6.92 Å². The summed E-state index contributed by atoms with van der Waals surface area (Å²) in [7, 11) is 1.53. The van der Waals surface area contributed by atoms with Gasteiger partial charge in [0, 0.05) is 5.02 Å². The average molecular weight is 378 g/mol. The van der Waals surface area contributed by atoms with Gasteiger partial charge in [0.25, 0.3) is 0 Å². The Kier molecular flexibility index (Phi) is 4.92. The maximum atomic E-state index is 12.3. The Morgan fingerprint density at radius 3 is 2.48 bits per heavy atom. The normalized spacial score (nSPS) is 10.6.